The second kappa shape index (κ2) is 6.31. The summed E-state index contributed by atoms with van der Waals surface area (Å²) in [6, 6.07) is 3.85. The van der Waals surface area contributed by atoms with Crippen LogP contribution in [0.1, 0.15) is 16.2 Å². The van der Waals surface area contributed by atoms with Gasteiger partial charge in [-0.05, 0) is 12.1 Å². The number of carbonyl (C=O) groups excluding carboxylic acids is 1. The first-order valence-electron chi connectivity index (χ1n) is 6.04. The van der Waals surface area contributed by atoms with Gasteiger partial charge in [0.2, 0.25) is 0 Å². The zero-order valence-corrected chi connectivity index (χ0v) is 11.9. The van der Waals surface area contributed by atoms with Gasteiger partial charge in [0.1, 0.15) is 11.9 Å². The highest BCUT2D eigenvalue weighted by Crippen LogP contribution is 2.22. The van der Waals surface area contributed by atoms with E-state index >= 15 is 0 Å². The Labute approximate surface area is 124 Å². The number of nitrogens with zero attached hydrogens (tertiary/aromatic N) is 4. The van der Waals surface area contributed by atoms with E-state index in [2.05, 4.69) is 15.4 Å². The van der Waals surface area contributed by atoms with Crippen molar-refractivity contribution in [2.24, 2.45) is 7.05 Å². The van der Waals surface area contributed by atoms with E-state index in [4.69, 9.17) is 11.6 Å². The van der Waals surface area contributed by atoms with E-state index in [0.717, 1.165) is 0 Å². The Hall–Kier alpha value is -2.48. The van der Waals surface area contributed by atoms with Crippen LogP contribution in [0.2, 0.25) is 5.02 Å². The maximum absolute atomic E-state index is 12.0. The van der Waals surface area contributed by atoms with Crippen molar-refractivity contribution in [2.45, 2.75) is 6.42 Å². The summed E-state index contributed by atoms with van der Waals surface area (Å²) in [5, 5.41) is 17.8. The molecule has 1 aromatic heterocycles. The Morgan fingerprint density at radius 2 is 2.29 bits per heavy atom. The van der Waals surface area contributed by atoms with E-state index in [-0.39, 0.29) is 22.8 Å². The molecule has 0 bridgehead atoms. The molecule has 1 aromatic carbocycles. The lowest BCUT2D eigenvalue weighted by Gasteiger charge is -2.05. The first-order chi connectivity index (χ1) is 9.97. The van der Waals surface area contributed by atoms with Crippen LogP contribution in [0.5, 0.6) is 0 Å². The van der Waals surface area contributed by atoms with Gasteiger partial charge in [0, 0.05) is 31.1 Å². The minimum absolute atomic E-state index is 0.0681. The lowest BCUT2D eigenvalue weighted by atomic mass is 10.1. The average molecular weight is 310 g/mol. The Kier molecular flexibility index (Phi) is 4.49. The van der Waals surface area contributed by atoms with E-state index in [9.17, 15) is 14.9 Å². The standard InChI is InChI=1S/C12H12ClN5O3/c1-17-7-15-11(16-17)4-5-14-12(19)9-6-8(13)2-3-10(9)18(20)21/h2-3,6-7H,4-5H2,1H3,(H,14,19). The summed E-state index contributed by atoms with van der Waals surface area (Å²) in [5.74, 6) is 0.0264. The number of rotatable bonds is 5. The molecule has 8 nitrogen and oxygen atoms in total. The zero-order chi connectivity index (χ0) is 15.4. The molecule has 0 saturated carbocycles. The predicted octanol–water partition coefficient (Wildman–Crippen LogP) is 1.35. The summed E-state index contributed by atoms with van der Waals surface area (Å²) in [4.78, 5) is 26.3. The molecule has 1 N–H and O–H groups in total. The number of nitro benzene ring substituents is 1. The van der Waals surface area contributed by atoms with Crippen molar-refractivity contribution >= 4 is 23.2 Å². The molecular formula is C12H12ClN5O3. The third-order valence-electron chi connectivity index (χ3n) is 2.68. The van der Waals surface area contributed by atoms with Gasteiger partial charge < -0.3 is 5.32 Å². The first-order valence-corrected chi connectivity index (χ1v) is 6.42. The van der Waals surface area contributed by atoms with Crippen LogP contribution in [0, 0.1) is 10.1 Å². The molecule has 0 aliphatic heterocycles. The van der Waals surface area contributed by atoms with Crippen molar-refractivity contribution in [2.75, 3.05) is 6.54 Å². The van der Waals surface area contributed by atoms with Gasteiger partial charge in [-0.2, -0.15) is 5.10 Å². The highest BCUT2D eigenvalue weighted by Gasteiger charge is 2.20. The van der Waals surface area contributed by atoms with Crippen molar-refractivity contribution < 1.29 is 9.72 Å². The summed E-state index contributed by atoms with van der Waals surface area (Å²) >= 11 is 5.77. The van der Waals surface area contributed by atoms with Crippen molar-refractivity contribution in [1.82, 2.24) is 20.1 Å². The van der Waals surface area contributed by atoms with Crippen LogP contribution in [-0.4, -0.2) is 32.1 Å². The van der Waals surface area contributed by atoms with Crippen molar-refractivity contribution in [3.63, 3.8) is 0 Å². The number of nitrogens with one attached hydrogen (secondary N) is 1. The minimum Gasteiger partial charge on any atom is -0.351 e. The van der Waals surface area contributed by atoms with Gasteiger partial charge in [0.05, 0.1) is 4.92 Å². The second-order valence-corrected chi connectivity index (χ2v) is 4.70. The zero-order valence-electron chi connectivity index (χ0n) is 11.1. The Morgan fingerprint density at radius 1 is 1.52 bits per heavy atom. The molecule has 0 atom stereocenters. The van der Waals surface area contributed by atoms with E-state index in [1.165, 1.54) is 18.2 Å². The van der Waals surface area contributed by atoms with Gasteiger partial charge in [-0.25, -0.2) is 4.98 Å². The Bertz CT molecular complexity index is 685. The maximum atomic E-state index is 12.0. The average Bonchev–Trinajstić information content (AvgIpc) is 2.84. The summed E-state index contributed by atoms with van der Waals surface area (Å²) in [6.45, 7) is 0.270. The number of aryl methyl sites for hydroxylation is 1. The molecular weight excluding hydrogens is 298 g/mol. The molecule has 1 heterocycles. The largest absolute Gasteiger partial charge is 0.351 e. The fraction of sp³-hybridized carbons (Fsp3) is 0.250. The van der Waals surface area contributed by atoms with Crippen molar-refractivity contribution in [3.05, 3.63) is 51.1 Å². The molecule has 110 valence electrons. The van der Waals surface area contributed by atoms with Gasteiger partial charge >= 0.3 is 0 Å². The molecule has 0 aliphatic rings. The quantitative estimate of drug-likeness (QED) is 0.663. The second-order valence-electron chi connectivity index (χ2n) is 4.26. The summed E-state index contributed by atoms with van der Waals surface area (Å²) in [7, 11) is 1.74. The van der Waals surface area contributed by atoms with Crippen LogP contribution in [0.4, 0.5) is 5.69 Å². The van der Waals surface area contributed by atoms with Crippen molar-refractivity contribution in [3.8, 4) is 0 Å². The monoisotopic (exact) mass is 309 g/mol. The lowest BCUT2D eigenvalue weighted by Crippen LogP contribution is -2.26. The summed E-state index contributed by atoms with van der Waals surface area (Å²) in [5.41, 5.74) is -0.352. The van der Waals surface area contributed by atoms with E-state index < -0.39 is 10.8 Å². The topological polar surface area (TPSA) is 103 Å². The fourth-order valence-electron chi connectivity index (χ4n) is 1.73. The normalized spacial score (nSPS) is 10.4. The summed E-state index contributed by atoms with van der Waals surface area (Å²) < 4.78 is 1.55. The van der Waals surface area contributed by atoms with E-state index in [1.54, 1.807) is 18.1 Å². The first kappa shape index (κ1) is 14.9. The van der Waals surface area contributed by atoms with Gasteiger partial charge in [-0.15, -0.1) is 0 Å². The number of amides is 1. The van der Waals surface area contributed by atoms with Gasteiger partial charge in [0.15, 0.2) is 5.82 Å². The molecule has 2 rings (SSSR count). The lowest BCUT2D eigenvalue weighted by molar-refractivity contribution is -0.385. The molecule has 0 fully saturated rings. The molecule has 0 aliphatic carbocycles. The summed E-state index contributed by atoms with van der Waals surface area (Å²) in [6.07, 6.45) is 1.99. The molecule has 9 heteroatoms. The van der Waals surface area contributed by atoms with E-state index in [1.807, 2.05) is 0 Å². The van der Waals surface area contributed by atoms with Crippen LogP contribution >= 0.6 is 11.6 Å². The van der Waals surface area contributed by atoms with Crippen LogP contribution in [0.15, 0.2) is 24.5 Å². The fourth-order valence-corrected chi connectivity index (χ4v) is 1.90. The molecule has 0 unspecified atom stereocenters. The third kappa shape index (κ3) is 3.76. The SMILES string of the molecule is Cn1cnc(CCNC(=O)c2cc(Cl)ccc2[N+](=O)[O-])n1. The smallest absolute Gasteiger partial charge is 0.282 e. The van der Waals surface area contributed by atoms with Crippen LogP contribution < -0.4 is 5.32 Å². The number of halogens is 1. The molecule has 0 spiro atoms. The highest BCUT2D eigenvalue weighted by molar-refractivity contribution is 6.31. The predicted molar refractivity (Wildman–Crippen MR) is 75.1 cm³/mol. The Balaban J connectivity index is 2.03. The number of aromatic nitrogens is 3. The molecule has 2 aromatic rings. The van der Waals surface area contributed by atoms with Crippen LogP contribution in [0.25, 0.3) is 0 Å². The number of benzene rings is 1. The van der Waals surface area contributed by atoms with E-state index in [0.29, 0.717) is 12.2 Å². The maximum Gasteiger partial charge on any atom is 0.282 e. The number of carbonyl (C=O) groups is 1. The molecule has 1 amide bonds. The Morgan fingerprint density at radius 3 is 2.90 bits per heavy atom. The van der Waals surface area contributed by atoms with Crippen molar-refractivity contribution in [1.29, 1.82) is 0 Å². The third-order valence-corrected chi connectivity index (χ3v) is 2.92. The number of nitro groups is 1. The minimum atomic E-state index is -0.619. The molecule has 0 radical (unpaired) electrons. The molecule has 0 saturated heterocycles. The van der Waals surface area contributed by atoms with Crippen LogP contribution in [0.3, 0.4) is 0 Å². The van der Waals surface area contributed by atoms with Gasteiger partial charge in [-0.3, -0.25) is 19.6 Å². The number of hydrogen-bond acceptors (Lipinski definition) is 5. The van der Waals surface area contributed by atoms with Crippen LogP contribution in [-0.2, 0) is 13.5 Å². The van der Waals surface area contributed by atoms with Gasteiger partial charge in [-0.1, -0.05) is 11.6 Å². The van der Waals surface area contributed by atoms with Gasteiger partial charge in [0.25, 0.3) is 11.6 Å². The number of hydrogen-bond donors (Lipinski definition) is 1. The highest BCUT2D eigenvalue weighted by atomic mass is 35.5. The molecule has 21 heavy (non-hydrogen) atoms.